The van der Waals surface area contributed by atoms with E-state index in [9.17, 15) is 19.2 Å². The van der Waals surface area contributed by atoms with Gasteiger partial charge in [-0.3, -0.25) is 19.2 Å². The van der Waals surface area contributed by atoms with Gasteiger partial charge < -0.3 is 38.2 Å². The van der Waals surface area contributed by atoms with Crippen LogP contribution < -0.4 is 0 Å². The van der Waals surface area contributed by atoms with Crippen LogP contribution in [0.5, 0.6) is 0 Å². The number of carbonyl (C=O) groups is 4. The second kappa shape index (κ2) is 20.6. The molecular weight excluding hydrogens is 684 g/mol. The van der Waals surface area contributed by atoms with E-state index in [1.807, 2.05) is 38.0 Å². The predicted octanol–water partition coefficient (Wildman–Crippen LogP) is 2.82. The maximum atomic E-state index is 12.6. The molecule has 0 aliphatic heterocycles. The van der Waals surface area contributed by atoms with Crippen LogP contribution in [0.3, 0.4) is 0 Å². The molecule has 14 heteroatoms. The van der Waals surface area contributed by atoms with Gasteiger partial charge in [0.25, 0.3) is 0 Å². The summed E-state index contributed by atoms with van der Waals surface area (Å²) in [5.41, 5.74) is -0.929. The van der Waals surface area contributed by atoms with E-state index in [1.54, 1.807) is 27.7 Å². The van der Waals surface area contributed by atoms with Crippen molar-refractivity contribution in [2.45, 2.75) is 55.6 Å². The Morgan fingerprint density at radius 1 is 0.571 bits per heavy atom. The molecule has 0 aromatic rings. The van der Waals surface area contributed by atoms with Crippen LogP contribution in [0.25, 0.3) is 0 Å². The normalized spacial score (nSPS) is 14.7. The SMILES string of the molecule is CN(C)CCOC(=O)C(C)(Br)CCC(=O)OCCOCCOCCOC(=O)C(C)(C)CC(C)(Br)C(=O)OCCN(C)C. The lowest BCUT2D eigenvalue weighted by atomic mass is 9.83. The number of carbonyl (C=O) groups excluding carboxylic acids is 4. The summed E-state index contributed by atoms with van der Waals surface area (Å²) in [4.78, 5) is 53.0. The summed E-state index contributed by atoms with van der Waals surface area (Å²) in [7, 11) is 7.54. The van der Waals surface area contributed by atoms with E-state index < -0.39 is 37.9 Å². The maximum absolute atomic E-state index is 12.6. The topological polar surface area (TPSA) is 130 Å². The van der Waals surface area contributed by atoms with Crippen molar-refractivity contribution in [1.29, 1.82) is 0 Å². The zero-order valence-electron chi connectivity index (χ0n) is 26.4. The number of alkyl halides is 2. The van der Waals surface area contributed by atoms with E-state index in [-0.39, 0.29) is 72.1 Å². The fraction of sp³-hybridized carbons (Fsp3) is 0.857. The summed E-state index contributed by atoms with van der Waals surface area (Å²) in [5.74, 6) is -1.74. The van der Waals surface area contributed by atoms with E-state index in [1.165, 1.54) is 0 Å². The summed E-state index contributed by atoms with van der Waals surface area (Å²) in [6.07, 6.45) is 0.485. The fourth-order valence-corrected chi connectivity index (χ4v) is 4.48. The van der Waals surface area contributed by atoms with Crippen molar-refractivity contribution in [3.05, 3.63) is 0 Å². The van der Waals surface area contributed by atoms with Gasteiger partial charge in [-0.05, 0) is 68.7 Å². The summed E-state index contributed by atoms with van der Waals surface area (Å²) in [6.45, 7) is 9.57. The highest BCUT2D eigenvalue weighted by Crippen LogP contribution is 2.36. The van der Waals surface area contributed by atoms with Gasteiger partial charge in [-0.2, -0.15) is 0 Å². The molecule has 246 valence electrons. The van der Waals surface area contributed by atoms with Crippen LogP contribution in [0.15, 0.2) is 0 Å². The molecule has 12 nitrogen and oxygen atoms in total. The first-order chi connectivity index (χ1) is 19.4. The van der Waals surface area contributed by atoms with Crippen LogP contribution in [0, 0.1) is 5.41 Å². The number of rotatable bonds is 23. The van der Waals surface area contributed by atoms with Crippen LogP contribution in [-0.2, 0) is 47.6 Å². The molecule has 0 N–H and O–H groups in total. The van der Waals surface area contributed by atoms with E-state index in [4.69, 9.17) is 28.4 Å². The molecule has 0 spiro atoms. The minimum atomic E-state index is -1.03. The lowest BCUT2D eigenvalue weighted by Crippen LogP contribution is -2.40. The molecule has 0 aromatic heterocycles. The molecule has 0 heterocycles. The highest BCUT2D eigenvalue weighted by molar-refractivity contribution is 9.10. The lowest BCUT2D eigenvalue weighted by molar-refractivity contribution is -0.158. The van der Waals surface area contributed by atoms with Crippen molar-refractivity contribution in [2.75, 3.05) is 94.1 Å². The molecule has 0 rings (SSSR count). The molecule has 0 amide bonds. The Morgan fingerprint density at radius 2 is 0.976 bits per heavy atom. The molecule has 42 heavy (non-hydrogen) atoms. The summed E-state index contributed by atoms with van der Waals surface area (Å²) in [6, 6.07) is 0. The van der Waals surface area contributed by atoms with Crippen molar-refractivity contribution >= 4 is 55.7 Å². The third-order valence-corrected chi connectivity index (χ3v) is 7.17. The number of nitrogens with zero attached hydrogens (tertiary/aromatic N) is 2. The Balaban J connectivity index is 4.01. The number of hydrogen-bond donors (Lipinski definition) is 0. The number of likely N-dealkylation sites (N-methyl/N-ethyl adjacent to an activating group) is 2. The van der Waals surface area contributed by atoms with Gasteiger partial charge in [-0.25, -0.2) is 0 Å². The maximum Gasteiger partial charge on any atom is 0.322 e. The van der Waals surface area contributed by atoms with Crippen LogP contribution in [-0.4, -0.2) is 136 Å². The first-order valence-electron chi connectivity index (χ1n) is 13.9. The average molecular weight is 735 g/mol. The van der Waals surface area contributed by atoms with Crippen molar-refractivity contribution in [3.8, 4) is 0 Å². The second-order valence-corrected chi connectivity index (χ2v) is 14.9. The molecule has 0 radical (unpaired) electrons. The number of ether oxygens (including phenoxy) is 6. The molecule has 0 fully saturated rings. The highest BCUT2D eigenvalue weighted by atomic mass is 79.9. The van der Waals surface area contributed by atoms with Gasteiger partial charge in [0.15, 0.2) is 0 Å². The Labute approximate surface area is 267 Å². The fourth-order valence-electron chi connectivity index (χ4n) is 3.35. The van der Waals surface area contributed by atoms with Crippen molar-refractivity contribution in [3.63, 3.8) is 0 Å². The summed E-state index contributed by atoms with van der Waals surface area (Å²) >= 11 is 6.74. The molecule has 0 saturated carbocycles. The molecule has 2 unspecified atom stereocenters. The van der Waals surface area contributed by atoms with Crippen molar-refractivity contribution in [2.24, 2.45) is 5.41 Å². The smallest absolute Gasteiger partial charge is 0.322 e. The number of halogens is 2. The van der Waals surface area contributed by atoms with Crippen molar-refractivity contribution in [1.82, 2.24) is 9.80 Å². The zero-order chi connectivity index (χ0) is 32.4. The molecule has 0 aromatic carbocycles. The number of esters is 4. The van der Waals surface area contributed by atoms with Crippen LogP contribution in [0.2, 0.25) is 0 Å². The average Bonchev–Trinajstić information content (AvgIpc) is 2.87. The number of hydrogen-bond acceptors (Lipinski definition) is 12. The monoisotopic (exact) mass is 732 g/mol. The molecule has 2 atom stereocenters. The van der Waals surface area contributed by atoms with E-state index in [0.717, 1.165) is 0 Å². The quantitative estimate of drug-likeness (QED) is 0.0663. The van der Waals surface area contributed by atoms with Crippen LogP contribution in [0.4, 0.5) is 0 Å². The van der Waals surface area contributed by atoms with Gasteiger partial charge in [-0.15, -0.1) is 0 Å². The second-order valence-electron chi connectivity index (χ2n) is 11.4. The molecular formula is C28H50Br2N2O10. The zero-order valence-corrected chi connectivity index (χ0v) is 29.6. The van der Waals surface area contributed by atoms with Gasteiger partial charge in [0.05, 0.1) is 31.8 Å². The summed E-state index contributed by atoms with van der Waals surface area (Å²) < 4.78 is 29.8. The molecule has 0 aliphatic carbocycles. The lowest BCUT2D eigenvalue weighted by Gasteiger charge is -2.30. The van der Waals surface area contributed by atoms with Gasteiger partial charge in [0, 0.05) is 19.5 Å². The van der Waals surface area contributed by atoms with Gasteiger partial charge >= 0.3 is 23.9 Å². The Kier molecular flexibility index (Phi) is 20.0. The Bertz CT molecular complexity index is 836. The Morgan fingerprint density at radius 3 is 1.45 bits per heavy atom. The minimum absolute atomic E-state index is 0.0545. The van der Waals surface area contributed by atoms with E-state index in [2.05, 4.69) is 31.9 Å². The molecule has 0 bridgehead atoms. The third-order valence-electron chi connectivity index (χ3n) is 5.84. The first-order valence-corrected chi connectivity index (χ1v) is 15.5. The molecule has 0 saturated heterocycles. The van der Waals surface area contributed by atoms with Crippen molar-refractivity contribution < 1.29 is 47.6 Å². The van der Waals surface area contributed by atoms with Crippen LogP contribution in [0.1, 0.15) is 47.0 Å². The standard InChI is InChI=1S/C28H50Br2N2O10/c1-26(2,21-28(4,30)25(36)41-14-12-32(7)8)23(34)42-20-18-38-16-15-37-17-19-39-22(33)9-10-27(3,29)24(35)40-13-11-31(5)6/h9-21H2,1-8H3. The Hall–Kier alpha value is -1.32. The predicted molar refractivity (Wildman–Crippen MR) is 165 cm³/mol. The summed E-state index contributed by atoms with van der Waals surface area (Å²) in [5, 5.41) is 0. The molecule has 0 aliphatic rings. The van der Waals surface area contributed by atoms with Crippen LogP contribution >= 0.6 is 31.9 Å². The largest absolute Gasteiger partial charge is 0.463 e. The van der Waals surface area contributed by atoms with Gasteiger partial charge in [0.1, 0.15) is 35.1 Å². The minimum Gasteiger partial charge on any atom is -0.463 e. The highest BCUT2D eigenvalue weighted by Gasteiger charge is 2.42. The third kappa shape index (κ3) is 19.1. The first kappa shape index (κ1) is 40.7. The van der Waals surface area contributed by atoms with E-state index in [0.29, 0.717) is 13.1 Å². The van der Waals surface area contributed by atoms with E-state index >= 15 is 0 Å². The van der Waals surface area contributed by atoms with Gasteiger partial charge in [-0.1, -0.05) is 31.9 Å². The van der Waals surface area contributed by atoms with Gasteiger partial charge in [0.2, 0.25) is 0 Å².